The van der Waals surface area contributed by atoms with E-state index in [0.717, 1.165) is 13.1 Å². The summed E-state index contributed by atoms with van der Waals surface area (Å²) in [6.45, 7) is 9.28. The molecule has 0 radical (unpaired) electrons. The highest BCUT2D eigenvalue weighted by atomic mass is 14.9. The molecule has 0 fully saturated rings. The average Bonchev–Trinajstić information content (AvgIpc) is 2.46. The zero-order chi connectivity index (χ0) is 13.7. The monoisotopic (exact) mass is 260 g/mol. The Morgan fingerprint density at radius 1 is 1.42 bits per heavy atom. The number of hydrogen-bond acceptors (Lipinski definition) is 2. The minimum atomic E-state index is 0.656. The van der Waals surface area contributed by atoms with Crippen molar-refractivity contribution >= 4 is 0 Å². The van der Waals surface area contributed by atoms with Crippen LogP contribution in [0, 0.1) is 11.8 Å². The van der Waals surface area contributed by atoms with Crippen LogP contribution in [0.2, 0.25) is 0 Å². The number of nitrogens with one attached hydrogen (secondary N) is 1. The van der Waals surface area contributed by atoms with Gasteiger partial charge in [0.15, 0.2) is 0 Å². The molecule has 2 heteroatoms. The number of hydrogen-bond donors (Lipinski definition) is 1. The zero-order valence-corrected chi connectivity index (χ0v) is 12.7. The lowest BCUT2D eigenvalue weighted by atomic mass is 9.74. The highest BCUT2D eigenvalue weighted by molar-refractivity contribution is 5.26. The van der Waals surface area contributed by atoms with E-state index < -0.39 is 0 Å². The fraction of sp³-hybridized carbons (Fsp3) is 0.706. The number of aryl methyl sites for hydroxylation is 1. The first-order valence-electron chi connectivity index (χ1n) is 7.88. The van der Waals surface area contributed by atoms with Gasteiger partial charge in [-0.25, -0.2) is 0 Å². The van der Waals surface area contributed by atoms with E-state index in [4.69, 9.17) is 0 Å². The number of pyridine rings is 1. The quantitative estimate of drug-likeness (QED) is 0.788. The van der Waals surface area contributed by atoms with Gasteiger partial charge < -0.3 is 5.32 Å². The van der Waals surface area contributed by atoms with Gasteiger partial charge in [0.2, 0.25) is 0 Å². The van der Waals surface area contributed by atoms with Crippen LogP contribution in [-0.2, 0) is 6.42 Å². The third kappa shape index (κ3) is 3.56. The summed E-state index contributed by atoms with van der Waals surface area (Å²) < 4.78 is 0. The lowest BCUT2D eigenvalue weighted by Gasteiger charge is -2.33. The number of aromatic nitrogens is 1. The van der Waals surface area contributed by atoms with Crippen LogP contribution in [0.5, 0.6) is 0 Å². The van der Waals surface area contributed by atoms with Gasteiger partial charge >= 0.3 is 0 Å². The molecule has 3 unspecified atom stereocenters. The Bertz CT molecular complexity index is 389. The molecule has 2 rings (SSSR count). The van der Waals surface area contributed by atoms with Crippen molar-refractivity contribution in [3.63, 3.8) is 0 Å². The standard InChI is InChI=1S/C17H28N2/c1-4-10-18-12-13(2)14(3)16-9-5-7-15-8-6-11-19-17(15)16/h6,8,11,13-14,16,18H,4-5,7,9-10,12H2,1-3H3. The highest BCUT2D eigenvalue weighted by Crippen LogP contribution is 2.38. The van der Waals surface area contributed by atoms with Crippen molar-refractivity contribution in [2.45, 2.75) is 52.4 Å². The third-order valence-electron chi connectivity index (χ3n) is 4.66. The van der Waals surface area contributed by atoms with Gasteiger partial charge in [0, 0.05) is 17.8 Å². The zero-order valence-electron chi connectivity index (χ0n) is 12.7. The molecule has 0 aromatic carbocycles. The molecule has 1 heterocycles. The van der Waals surface area contributed by atoms with E-state index in [2.05, 4.69) is 43.2 Å². The van der Waals surface area contributed by atoms with E-state index in [1.165, 1.54) is 36.9 Å². The normalized spacial score (nSPS) is 21.7. The minimum absolute atomic E-state index is 0.656. The number of fused-ring (bicyclic) bond motifs is 1. The van der Waals surface area contributed by atoms with Crippen LogP contribution in [0.4, 0.5) is 0 Å². The maximum atomic E-state index is 4.68. The first kappa shape index (κ1) is 14.5. The maximum absolute atomic E-state index is 4.68. The van der Waals surface area contributed by atoms with Crippen LogP contribution in [0.25, 0.3) is 0 Å². The van der Waals surface area contributed by atoms with Crippen molar-refractivity contribution in [3.8, 4) is 0 Å². The van der Waals surface area contributed by atoms with Crippen molar-refractivity contribution < 1.29 is 0 Å². The van der Waals surface area contributed by atoms with Crippen LogP contribution in [0.15, 0.2) is 18.3 Å². The van der Waals surface area contributed by atoms with Crippen molar-refractivity contribution in [2.24, 2.45) is 11.8 Å². The van der Waals surface area contributed by atoms with E-state index in [-0.39, 0.29) is 0 Å². The molecule has 3 atom stereocenters. The van der Waals surface area contributed by atoms with Crippen molar-refractivity contribution in [2.75, 3.05) is 13.1 Å². The van der Waals surface area contributed by atoms with Gasteiger partial charge in [0.1, 0.15) is 0 Å². The van der Waals surface area contributed by atoms with E-state index >= 15 is 0 Å². The van der Waals surface area contributed by atoms with Crippen LogP contribution in [0.3, 0.4) is 0 Å². The molecule has 1 N–H and O–H groups in total. The summed E-state index contributed by atoms with van der Waals surface area (Å²) in [6, 6.07) is 4.35. The molecule has 106 valence electrons. The topological polar surface area (TPSA) is 24.9 Å². The molecule has 0 spiro atoms. The third-order valence-corrected chi connectivity index (χ3v) is 4.66. The summed E-state index contributed by atoms with van der Waals surface area (Å²) in [7, 11) is 0. The molecule has 1 aliphatic rings. The summed E-state index contributed by atoms with van der Waals surface area (Å²) >= 11 is 0. The second kappa shape index (κ2) is 7.04. The molecule has 0 bridgehead atoms. The lowest BCUT2D eigenvalue weighted by Crippen LogP contribution is -2.30. The summed E-state index contributed by atoms with van der Waals surface area (Å²) in [5.74, 6) is 2.08. The summed E-state index contributed by atoms with van der Waals surface area (Å²) in [4.78, 5) is 4.68. The fourth-order valence-corrected chi connectivity index (χ4v) is 3.25. The Morgan fingerprint density at radius 3 is 3.05 bits per heavy atom. The van der Waals surface area contributed by atoms with E-state index in [0.29, 0.717) is 17.8 Å². The maximum Gasteiger partial charge on any atom is 0.0469 e. The van der Waals surface area contributed by atoms with Crippen LogP contribution in [0.1, 0.15) is 57.2 Å². The van der Waals surface area contributed by atoms with Gasteiger partial charge in [-0.1, -0.05) is 26.8 Å². The van der Waals surface area contributed by atoms with Crippen LogP contribution in [-0.4, -0.2) is 18.1 Å². The van der Waals surface area contributed by atoms with Gasteiger partial charge in [-0.05, 0) is 62.2 Å². The Labute approximate surface area is 118 Å². The molecule has 1 aromatic rings. The Balaban J connectivity index is 2.01. The van der Waals surface area contributed by atoms with E-state index in [1.54, 1.807) is 0 Å². The predicted octanol–water partition coefficient (Wildman–Crippen LogP) is 3.77. The molecular formula is C17H28N2. The second-order valence-electron chi connectivity index (χ2n) is 6.09. The van der Waals surface area contributed by atoms with Gasteiger partial charge in [-0.3, -0.25) is 4.98 Å². The van der Waals surface area contributed by atoms with Gasteiger partial charge in [0.25, 0.3) is 0 Å². The summed E-state index contributed by atoms with van der Waals surface area (Å²) in [5.41, 5.74) is 2.86. The number of nitrogens with zero attached hydrogens (tertiary/aromatic N) is 1. The SMILES string of the molecule is CCCNCC(C)C(C)C1CCCc2cccnc21. The molecule has 2 nitrogen and oxygen atoms in total. The summed E-state index contributed by atoms with van der Waals surface area (Å²) in [5, 5.41) is 3.56. The number of rotatable bonds is 6. The Morgan fingerprint density at radius 2 is 2.26 bits per heavy atom. The van der Waals surface area contributed by atoms with Crippen molar-refractivity contribution in [3.05, 3.63) is 29.6 Å². The van der Waals surface area contributed by atoms with E-state index in [1.807, 2.05) is 6.20 Å². The minimum Gasteiger partial charge on any atom is -0.316 e. The molecule has 1 aliphatic carbocycles. The van der Waals surface area contributed by atoms with Gasteiger partial charge in [-0.2, -0.15) is 0 Å². The lowest BCUT2D eigenvalue weighted by molar-refractivity contribution is 0.286. The summed E-state index contributed by atoms with van der Waals surface area (Å²) in [6.07, 6.45) is 7.03. The molecule has 19 heavy (non-hydrogen) atoms. The first-order valence-corrected chi connectivity index (χ1v) is 7.88. The molecule has 0 aliphatic heterocycles. The van der Waals surface area contributed by atoms with Gasteiger partial charge in [0.05, 0.1) is 0 Å². The second-order valence-corrected chi connectivity index (χ2v) is 6.09. The van der Waals surface area contributed by atoms with Crippen molar-refractivity contribution in [1.29, 1.82) is 0 Å². The van der Waals surface area contributed by atoms with Gasteiger partial charge in [-0.15, -0.1) is 0 Å². The largest absolute Gasteiger partial charge is 0.316 e. The Kier molecular flexibility index (Phi) is 5.38. The molecule has 1 aromatic heterocycles. The molecule has 0 saturated carbocycles. The van der Waals surface area contributed by atoms with Crippen LogP contribution >= 0.6 is 0 Å². The molecular weight excluding hydrogens is 232 g/mol. The molecule has 0 saturated heterocycles. The predicted molar refractivity (Wildman–Crippen MR) is 81.4 cm³/mol. The highest BCUT2D eigenvalue weighted by Gasteiger charge is 2.29. The van der Waals surface area contributed by atoms with Crippen LogP contribution < -0.4 is 5.32 Å². The average molecular weight is 260 g/mol. The smallest absolute Gasteiger partial charge is 0.0469 e. The first-order chi connectivity index (χ1) is 9.24. The fourth-order valence-electron chi connectivity index (χ4n) is 3.25. The molecule has 0 amide bonds. The van der Waals surface area contributed by atoms with E-state index in [9.17, 15) is 0 Å². The van der Waals surface area contributed by atoms with Crippen molar-refractivity contribution in [1.82, 2.24) is 10.3 Å². The Hall–Kier alpha value is -0.890.